The molecule has 0 aliphatic heterocycles. The fourth-order valence-electron chi connectivity index (χ4n) is 2.46. The number of hydrogen-bond acceptors (Lipinski definition) is 3. The SMILES string of the molecule is COc1ccc(Cl)cc1/C=C(\C#N)C(=O)NC1CCCC1. The van der Waals surface area contributed by atoms with Crippen molar-refractivity contribution in [1.82, 2.24) is 5.32 Å². The minimum Gasteiger partial charge on any atom is -0.496 e. The molecule has 2 rings (SSSR count). The Balaban J connectivity index is 2.21. The molecule has 0 saturated heterocycles. The highest BCUT2D eigenvalue weighted by Crippen LogP contribution is 2.25. The van der Waals surface area contributed by atoms with Gasteiger partial charge < -0.3 is 10.1 Å². The van der Waals surface area contributed by atoms with Gasteiger partial charge in [-0.05, 0) is 37.1 Å². The molecule has 0 bridgehead atoms. The minimum absolute atomic E-state index is 0.0578. The number of carbonyl (C=O) groups is 1. The molecule has 1 aromatic rings. The van der Waals surface area contributed by atoms with Crippen LogP contribution in [0.2, 0.25) is 5.02 Å². The Bertz CT molecular complexity index is 599. The van der Waals surface area contributed by atoms with Gasteiger partial charge >= 0.3 is 0 Å². The maximum Gasteiger partial charge on any atom is 0.262 e. The number of hydrogen-bond donors (Lipinski definition) is 1. The molecule has 1 amide bonds. The second kappa shape index (κ2) is 7.14. The van der Waals surface area contributed by atoms with Crippen LogP contribution < -0.4 is 10.1 Å². The molecule has 1 aromatic carbocycles. The van der Waals surface area contributed by atoms with E-state index in [4.69, 9.17) is 16.3 Å². The first-order valence-corrected chi connectivity index (χ1v) is 7.28. The first-order chi connectivity index (χ1) is 10.1. The Kier molecular flexibility index (Phi) is 5.24. The summed E-state index contributed by atoms with van der Waals surface area (Å²) in [5, 5.41) is 12.6. The van der Waals surface area contributed by atoms with E-state index in [1.54, 1.807) is 18.2 Å². The number of benzene rings is 1. The molecule has 0 aromatic heterocycles. The van der Waals surface area contributed by atoms with Crippen molar-refractivity contribution < 1.29 is 9.53 Å². The number of carbonyl (C=O) groups excluding carboxylic acids is 1. The maximum atomic E-state index is 12.1. The molecule has 1 aliphatic rings. The minimum atomic E-state index is -0.341. The lowest BCUT2D eigenvalue weighted by Gasteiger charge is -2.11. The highest BCUT2D eigenvalue weighted by Gasteiger charge is 2.19. The van der Waals surface area contributed by atoms with Crippen LogP contribution in [-0.4, -0.2) is 19.1 Å². The largest absolute Gasteiger partial charge is 0.496 e. The fourth-order valence-corrected chi connectivity index (χ4v) is 2.64. The zero-order valence-electron chi connectivity index (χ0n) is 11.9. The van der Waals surface area contributed by atoms with Crippen molar-refractivity contribution in [1.29, 1.82) is 5.26 Å². The Hall–Kier alpha value is -1.99. The molecule has 5 heteroatoms. The number of nitrogens with zero attached hydrogens (tertiary/aromatic N) is 1. The Morgan fingerprint density at radius 1 is 1.48 bits per heavy atom. The summed E-state index contributed by atoms with van der Waals surface area (Å²) in [5.74, 6) is 0.229. The van der Waals surface area contributed by atoms with Crippen LogP contribution in [0.25, 0.3) is 6.08 Å². The quantitative estimate of drug-likeness (QED) is 0.685. The number of nitriles is 1. The molecule has 1 saturated carbocycles. The molecule has 0 atom stereocenters. The van der Waals surface area contributed by atoms with Crippen LogP contribution in [0.5, 0.6) is 5.75 Å². The Morgan fingerprint density at radius 3 is 2.81 bits per heavy atom. The fraction of sp³-hybridized carbons (Fsp3) is 0.375. The first-order valence-electron chi connectivity index (χ1n) is 6.90. The monoisotopic (exact) mass is 304 g/mol. The molecule has 0 heterocycles. The Labute approximate surface area is 129 Å². The third-order valence-electron chi connectivity index (χ3n) is 3.55. The van der Waals surface area contributed by atoms with Crippen molar-refractivity contribution in [2.75, 3.05) is 7.11 Å². The summed E-state index contributed by atoms with van der Waals surface area (Å²) in [7, 11) is 1.53. The van der Waals surface area contributed by atoms with Crippen LogP contribution in [0.4, 0.5) is 0 Å². The van der Waals surface area contributed by atoms with E-state index in [-0.39, 0.29) is 17.5 Å². The summed E-state index contributed by atoms with van der Waals surface area (Å²) >= 11 is 5.95. The van der Waals surface area contributed by atoms with Crippen molar-refractivity contribution in [3.8, 4) is 11.8 Å². The van der Waals surface area contributed by atoms with E-state index in [1.165, 1.54) is 13.2 Å². The number of nitrogens with one attached hydrogen (secondary N) is 1. The molecule has 1 aliphatic carbocycles. The molecule has 110 valence electrons. The summed E-state index contributed by atoms with van der Waals surface area (Å²) in [5.41, 5.74) is 0.672. The summed E-state index contributed by atoms with van der Waals surface area (Å²) in [6, 6.07) is 7.19. The van der Waals surface area contributed by atoms with Crippen LogP contribution in [-0.2, 0) is 4.79 Å². The smallest absolute Gasteiger partial charge is 0.262 e. The summed E-state index contributed by atoms with van der Waals surface area (Å²) in [6.45, 7) is 0. The van der Waals surface area contributed by atoms with E-state index in [0.29, 0.717) is 16.3 Å². The second-order valence-corrected chi connectivity index (χ2v) is 5.45. The third kappa shape index (κ3) is 3.99. The number of methoxy groups -OCH3 is 1. The average molecular weight is 305 g/mol. The molecular formula is C16H17ClN2O2. The Morgan fingerprint density at radius 2 is 2.19 bits per heavy atom. The van der Waals surface area contributed by atoms with Gasteiger partial charge in [-0.2, -0.15) is 5.26 Å². The van der Waals surface area contributed by atoms with E-state index >= 15 is 0 Å². The van der Waals surface area contributed by atoms with Crippen molar-refractivity contribution in [2.45, 2.75) is 31.7 Å². The average Bonchev–Trinajstić information content (AvgIpc) is 2.97. The third-order valence-corrected chi connectivity index (χ3v) is 3.78. The van der Waals surface area contributed by atoms with Gasteiger partial charge in [-0.25, -0.2) is 0 Å². The van der Waals surface area contributed by atoms with Gasteiger partial charge in [-0.1, -0.05) is 24.4 Å². The zero-order chi connectivity index (χ0) is 15.2. The lowest BCUT2D eigenvalue weighted by atomic mass is 10.1. The van der Waals surface area contributed by atoms with Crippen LogP contribution in [0, 0.1) is 11.3 Å². The van der Waals surface area contributed by atoms with Crippen molar-refractivity contribution in [3.63, 3.8) is 0 Å². The standard InChI is InChI=1S/C16H17ClN2O2/c1-21-15-7-6-13(17)9-11(15)8-12(10-18)16(20)19-14-4-2-3-5-14/h6-9,14H,2-5H2,1H3,(H,19,20)/b12-8+. The predicted molar refractivity (Wildman–Crippen MR) is 82.0 cm³/mol. The van der Waals surface area contributed by atoms with Crippen molar-refractivity contribution in [3.05, 3.63) is 34.4 Å². The summed E-state index contributed by atoms with van der Waals surface area (Å²) in [4.78, 5) is 12.1. The number of rotatable bonds is 4. The van der Waals surface area contributed by atoms with Gasteiger partial charge in [-0.3, -0.25) is 4.79 Å². The second-order valence-electron chi connectivity index (χ2n) is 5.01. The molecule has 21 heavy (non-hydrogen) atoms. The molecule has 4 nitrogen and oxygen atoms in total. The van der Waals surface area contributed by atoms with Crippen LogP contribution in [0.15, 0.2) is 23.8 Å². The zero-order valence-corrected chi connectivity index (χ0v) is 12.6. The van der Waals surface area contributed by atoms with E-state index in [2.05, 4.69) is 5.32 Å². The summed E-state index contributed by atoms with van der Waals surface area (Å²) < 4.78 is 5.21. The number of halogens is 1. The van der Waals surface area contributed by atoms with Gasteiger partial charge in [0.15, 0.2) is 0 Å². The topological polar surface area (TPSA) is 62.1 Å². The lowest BCUT2D eigenvalue weighted by Crippen LogP contribution is -2.33. The van der Waals surface area contributed by atoms with Gasteiger partial charge in [0.2, 0.25) is 0 Å². The van der Waals surface area contributed by atoms with Crippen LogP contribution >= 0.6 is 11.6 Å². The van der Waals surface area contributed by atoms with E-state index in [9.17, 15) is 10.1 Å². The van der Waals surface area contributed by atoms with Gasteiger partial charge in [0.05, 0.1) is 7.11 Å². The molecule has 0 unspecified atom stereocenters. The van der Waals surface area contributed by atoms with Gasteiger partial charge in [0, 0.05) is 16.6 Å². The highest BCUT2D eigenvalue weighted by atomic mass is 35.5. The van der Waals surface area contributed by atoms with Crippen LogP contribution in [0.3, 0.4) is 0 Å². The molecule has 1 N–H and O–H groups in total. The first kappa shape index (κ1) is 15.4. The number of amides is 1. The molecule has 1 fully saturated rings. The van der Waals surface area contributed by atoms with E-state index in [0.717, 1.165) is 25.7 Å². The molecule has 0 radical (unpaired) electrons. The van der Waals surface area contributed by atoms with Crippen molar-refractivity contribution >= 4 is 23.6 Å². The predicted octanol–water partition coefficient (Wildman–Crippen LogP) is 3.31. The van der Waals surface area contributed by atoms with Crippen molar-refractivity contribution in [2.24, 2.45) is 0 Å². The van der Waals surface area contributed by atoms with E-state index < -0.39 is 0 Å². The van der Waals surface area contributed by atoms with Gasteiger partial charge in [0.1, 0.15) is 17.4 Å². The number of ether oxygens (including phenoxy) is 1. The lowest BCUT2D eigenvalue weighted by molar-refractivity contribution is -0.117. The molecule has 0 spiro atoms. The van der Waals surface area contributed by atoms with Gasteiger partial charge in [0.25, 0.3) is 5.91 Å². The van der Waals surface area contributed by atoms with E-state index in [1.807, 2.05) is 6.07 Å². The summed E-state index contributed by atoms with van der Waals surface area (Å²) in [6.07, 6.45) is 5.71. The highest BCUT2D eigenvalue weighted by molar-refractivity contribution is 6.30. The molecular weight excluding hydrogens is 288 g/mol. The van der Waals surface area contributed by atoms with Crippen LogP contribution in [0.1, 0.15) is 31.2 Å². The normalized spacial score (nSPS) is 15.6. The van der Waals surface area contributed by atoms with Gasteiger partial charge in [-0.15, -0.1) is 0 Å². The maximum absolute atomic E-state index is 12.1.